The molecule has 1 N–H and O–H groups in total. The first-order valence-electron chi connectivity index (χ1n) is 7.97. The largest absolute Gasteiger partial charge is 0.488 e. The molecule has 0 aliphatic carbocycles. The third-order valence-corrected chi connectivity index (χ3v) is 5.45. The normalized spacial score (nSPS) is 10.7. The van der Waals surface area contributed by atoms with Crippen LogP contribution in [-0.4, -0.2) is 0 Å². The lowest BCUT2D eigenvalue weighted by Crippen LogP contribution is -2.05. The van der Waals surface area contributed by atoms with Gasteiger partial charge in [0.15, 0.2) is 0 Å². The summed E-state index contributed by atoms with van der Waals surface area (Å²) < 4.78 is 20.7. The van der Waals surface area contributed by atoms with Gasteiger partial charge < -0.3 is 10.1 Å². The van der Waals surface area contributed by atoms with Crippen LogP contribution in [0.25, 0.3) is 0 Å². The van der Waals surface area contributed by atoms with Crippen molar-refractivity contribution in [3.05, 3.63) is 91.1 Å². The molecule has 0 saturated heterocycles. The van der Waals surface area contributed by atoms with Crippen LogP contribution in [0.3, 0.4) is 0 Å². The molecule has 0 saturated carbocycles. The second-order valence-corrected chi connectivity index (χ2v) is 7.86. The quantitative estimate of drug-likeness (QED) is 0.382. The van der Waals surface area contributed by atoms with E-state index in [9.17, 15) is 4.39 Å². The Kier molecular flexibility index (Phi) is 6.88. The minimum absolute atomic E-state index is 0.0346. The maximum atomic E-state index is 14.0. The van der Waals surface area contributed by atoms with Gasteiger partial charge in [-0.25, -0.2) is 4.39 Å². The molecule has 3 aromatic rings. The molecule has 0 fully saturated rings. The summed E-state index contributed by atoms with van der Waals surface area (Å²) >= 11 is 21.5. The average Bonchev–Trinajstić information content (AvgIpc) is 2.63. The van der Waals surface area contributed by atoms with Crippen LogP contribution in [0.2, 0.25) is 15.1 Å². The lowest BCUT2D eigenvalue weighted by molar-refractivity contribution is 0.297. The van der Waals surface area contributed by atoms with Gasteiger partial charge in [-0.05, 0) is 48.5 Å². The standard InChI is InChI=1S/C20H14BrCl3FNO/c21-13-4-7-20(27-11-15-16(22)2-1-3-19(15)25)12(8-13)10-26-14-5-6-17(23)18(24)9-14/h1-9,26H,10-11H2. The molecule has 7 heteroatoms. The van der Waals surface area contributed by atoms with E-state index in [0.717, 1.165) is 15.7 Å². The summed E-state index contributed by atoms with van der Waals surface area (Å²) in [5.74, 6) is 0.236. The first-order valence-corrected chi connectivity index (χ1v) is 9.90. The van der Waals surface area contributed by atoms with Crippen molar-refractivity contribution < 1.29 is 9.13 Å². The maximum Gasteiger partial charge on any atom is 0.131 e. The number of nitrogens with one attached hydrogen (secondary N) is 1. The van der Waals surface area contributed by atoms with Crippen LogP contribution in [0.5, 0.6) is 5.75 Å². The summed E-state index contributed by atoms with van der Waals surface area (Å²) in [6, 6.07) is 15.5. The van der Waals surface area contributed by atoms with Crippen molar-refractivity contribution in [1.29, 1.82) is 0 Å². The smallest absolute Gasteiger partial charge is 0.131 e. The summed E-state index contributed by atoms with van der Waals surface area (Å²) in [5, 5.41) is 4.58. The van der Waals surface area contributed by atoms with E-state index >= 15 is 0 Å². The van der Waals surface area contributed by atoms with Gasteiger partial charge in [0.05, 0.1) is 15.1 Å². The van der Waals surface area contributed by atoms with Gasteiger partial charge in [0.2, 0.25) is 0 Å². The highest BCUT2D eigenvalue weighted by molar-refractivity contribution is 9.10. The van der Waals surface area contributed by atoms with Gasteiger partial charge in [0.1, 0.15) is 18.2 Å². The predicted octanol–water partition coefficient (Wildman–Crippen LogP) is 7.74. The van der Waals surface area contributed by atoms with Gasteiger partial charge in [-0.2, -0.15) is 0 Å². The molecular formula is C20H14BrCl3FNO. The van der Waals surface area contributed by atoms with E-state index < -0.39 is 5.82 Å². The second kappa shape index (κ2) is 9.16. The van der Waals surface area contributed by atoms with Gasteiger partial charge in [0, 0.05) is 27.8 Å². The van der Waals surface area contributed by atoms with Gasteiger partial charge >= 0.3 is 0 Å². The van der Waals surface area contributed by atoms with E-state index in [2.05, 4.69) is 21.2 Å². The van der Waals surface area contributed by atoms with Crippen LogP contribution in [-0.2, 0) is 13.2 Å². The lowest BCUT2D eigenvalue weighted by atomic mass is 10.2. The number of ether oxygens (including phenoxy) is 1. The van der Waals surface area contributed by atoms with Crippen molar-refractivity contribution in [2.45, 2.75) is 13.2 Å². The van der Waals surface area contributed by atoms with Crippen LogP contribution in [0.4, 0.5) is 10.1 Å². The topological polar surface area (TPSA) is 21.3 Å². The molecule has 0 unspecified atom stereocenters. The summed E-state index contributed by atoms with van der Waals surface area (Å²) in [5.41, 5.74) is 2.04. The van der Waals surface area contributed by atoms with Crippen molar-refractivity contribution >= 4 is 56.4 Å². The fourth-order valence-corrected chi connectivity index (χ4v) is 3.37. The molecule has 0 heterocycles. The van der Waals surface area contributed by atoms with E-state index in [0.29, 0.717) is 32.9 Å². The van der Waals surface area contributed by atoms with E-state index in [1.807, 2.05) is 24.3 Å². The fourth-order valence-electron chi connectivity index (χ4n) is 2.45. The van der Waals surface area contributed by atoms with Crippen LogP contribution in [0.1, 0.15) is 11.1 Å². The van der Waals surface area contributed by atoms with E-state index in [-0.39, 0.29) is 6.61 Å². The number of hydrogen-bond acceptors (Lipinski definition) is 2. The molecule has 0 bridgehead atoms. The van der Waals surface area contributed by atoms with Crippen LogP contribution >= 0.6 is 50.7 Å². The number of benzene rings is 3. The van der Waals surface area contributed by atoms with Crippen molar-refractivity contribution in [2.75, 3.05) is 5.32 Å². The molecule has 27 heavy (non-hydrogen) atoms. The van der Waals surface area contributed by atoms with E-state index in [4.69, 9.17) is 39.5 Å². The molecule has 2 nitrogen and oxygen atoms in total. The Labute approximate surface area is 180 Å². The Bertz CT molecular complexity index is 948. The van der Waals surface area contributed by atoms with Crippen molar-refractivity contribution in [1.82, 2.24) is 0 Å². The Morgan fingerprint density at radius 3 is 2.48 bits per heavy atom. The molecule has 0 aliphatic heterocycles. The zero-order chi connectivity index (χ0) is 19.4. The maximum absolute atomic E-state index is 14.0. The van der Waals surface area contributed by atoms with Crippen LogP contribution in [0, 0.1) is 5.82 Å². The highest BCUT2D eigenvalue weighted by Gasteiger charge is 2.11. The summed E-state index contributed by atoms with van der Waals surface area (Å²) in [4.78, 5) is 0. The molecule has 0 atom stereocenters. The number of rotatable bonds is 6. The zero-order valence-corrected chi connectivity index (χ0v) is 17.8. The second-order valence-electron chi connectivity index (χ2n) is 5.72. The lowest BCUT2D eigenvalue weighted by Gasteiger charge is -2.15. The third kappa shape index (κ3) is 5.29. The molecule has 0 radical (unpaired) electrons. The van der Waals surface area contributed by atoms with Crippen molar-refractivity contribution in [2.24, 2.45) is 0 Å². The Balaban J connectivity index is 1.75. The molecular weight excluding hydrogens is 475 g/mol. The molecule has 0 aromatic heterocycles. The monoisotopic (exact) mass is 487 g/mol. The molecule has 0 amide bonds. The average molecular weight is 490 g/mol. The van der Waals surface area contributed by atoms with Crippen molar-refractivity contribution in [3.63, 3.8) is 0 Å². The molecule has 3 rings (SSSR count). The number of hydrogen-bond donors (Lipinski definition) is 1. The molecule has 140 valence electrons. The summed E-state index contributed by atoms with van der Waals surface area (Å²) in [7, 11) is 0. The molecule has 0 aliphatic rings. The Morgan fingerprint density at radius 2 is 1.74 bits per heavy atom. The van der Waals surface area contributed by atoms with Crippen LogP contribution < -0.4 is 10.1 Å². The number of anilines is 1. The summed E-state index contributed by atoms with van der Waals surface area (Å²) in [6.45, 7) is 0.519. The molecule has 3 aromatic carbocycles. The van der Waals surface area contributed by atoms with Gasteiger partial charge in [-0.3, -0.25) is 0 Å². The van der Waals surface area contributed by atoms with Crippen LogP contribution in [0.15, 0.2) is 59.1 Å². The fraction of sp³-hybridized carbons (Fsp3) is 0.100. The highest BCUT2D eigenvalue weighted by atomic mass is 79.9. The predicted molar refractivity (Wildman–Crippen MR) is 114 cm³/mol. The van der Waals surface area contributed by atoms with E-state index in [1.165, 1.54) is 6.07 Å². The van der Waals surface area contributed by atoms with Crippen molar-refractivity contribution in [3.8, 4) is 5.75 Å². The minimum atomic E-state index is -0.393. The Morgan fingerprint density at radius 1 is 0.926 bits per heavy atom. The minimum Gasteiger partial charge on any atom is -0.488 e. The molecule has 0 spiro atoms. The highest BCUT2D eigenvalue weighted by Crippen LogP contribution is 2.29. The Hall–Kier alpha value is -1.46. The zero-order valence-electron chi connectivity index (χ0n) is 13.9. The third-order valence-electron chi connectivity index (χ3n) is 3.86. The van der Waals surface area contributed by atoms with Gasteiger partial charge in [0.25, 0.3) is 0 Å². The first-order chi connectivity index (χ1) is 12.9. The SMILES string of the molecule is Fc1cccc(Cl)c1COc1ccc(Br)cc1CNc1ccc(Cl)c(Cl)c1. The van der Waals surface area contributed by atoms with Gasteiger partial charge in [-0.15, -0.1) is 0 Å². The first kappa shape index (κ1) is 20.3. The van der Waals surface area contributed by atoms with Gasteiger partial charge in [-0.1, -0.05) is 56.8 Å². The van der Waals surface area contributed by atoms with E-state index in [1.54, 1.807) is 24.3 Å². The summed E-state index contributed by atoms with van der Waals surface area (Å²) in [6.07, 6.45) is 0. The number of halogens is 5.